The first-order valence-corrected chi connectivity index (χ1v) is 7.20. The number of carbonyl (C=O) groups excluding carboxylic acids is 1. The number of hydrogen-bond acceptors (Lipinski definition) is 2. The number of hydrogen-bond donors (Lipinski definition) is 1. The first-order chi connectivity index (χ1) is 9.17. The lowest BCUT2D eigenvalue weighted by atomic mass is 10.3. The van der Waals surface area contributed by atoms with Gasteiger partial charge in [-0.25, -0.2) is 0 Å². The second-order valence-corrected chi connectivity index (χ2v) is 5.57. The summed E-state index contributed by atoms with van der Waals surface area (Å²) in [5.74, 6) is 0.0260. The molecule has 0 saturated heterocycles. The van der Waals surface area contributed by atoms with Crippen molar-refractivity contribution in [2.24, 2.45) is 0 Å². The fourth-order valence-electron chi connectivity index (χ4n) is 1.49. The molecule has 19 heavy (non-hydrogen) atoms. The van der Waals surface area contributed by atoms with Gasteiger partial charge in [0, 0.05) is 26.9 Å². The molecule has 0 aliphatic heterocycles. The van der Waals surface area contributed by atoms with Gasteiger partial charge in [-0.3, -0.25) is 4.79 Å². The lowest BCUT2D eigenvalue weighted by Gasteiger charge is -2.05. The largest absolute Gasteiger partial charge is 0.326 e. The number of carbonyl (C=O) groups is 1. The van der Waals surface area contributed by atoms with Gasteiger partial charge in [0.05, 0.1) is 0 Å². The molecule has 2 nitrogen and oxygen atoms in total. The molecule has 0 aromatic heterocycles. The van der Waals surface area contributed by atoms with E-state index in [0.717, 1.165) is 20.5 Å². The molecule has 1 amide bonds. The third-order valence-corrected chi connectivity index (χ3v) is 3.78. The van der Waals surface area contributed by atoms with Crippen molar-refractivity contribution < 1.29 is 4.79 Å². The summed E-state index contributed by atoms with van der Waals surface area (Å²) >= 11 is 7.51. The number of rotatable bonds is 4. The van der Waals surface area contributed by atoms with Crippen molar-refractivity contribution in [3.05, 3.63) is 53.6 Å². The molecule has 0 saturated carbocycles. The van der Waals surface area contributed by atoms with Crippen LogP contribution in [0.25, 0.3) is 0 Å². The molecule has 0 atom stereocenters. The van der Waals surface area contributed by atoms with Gasteiger partial charge in [-0.05, 0) is 48.5 Å². The fourth-order valence-corrected chi connectivity index (χ4v) is 2.44. The minimum atomic E-state index is 0.0260. The molecular formula is C15H14ClNOS. The summed E-state index contributed by atoms with van der Waals surface area (Å²) in [5, 5.41) is 3.56. The molecular weight excluding hydrogens is 278 g/mol. The zero-order valence-corrected chi connectivity index (χ0v) is 12.1. The molecule has 0 radical (unpaired) electrons. The number of benzene rings is 2. The fraction of sp³-hybridized carbons (Fsp3) is 0.133. The monoisotopic (exact) mass is 291 g/mol. The molecule has 2 aromatic rings. The Bertz CT molecular complexity index is 551. The summed E-state index contributed by atoms with van der Waals surface area (Å²) in [5.41, 5.74) is 0.826. The molecule has 0 aliphatic rings. The van der Waals surface area contributed by atoms with Gasteiger partial charge in [-0.15, -0.1) is 0 Å². The SMILES string of the molecule is CCC(=O)Nc1ccc(Sc2ccc(Cl)cc2)cc1. The second-order valence-electron chi connectivity index (χ2n) is 3.98. The average Bonchev–Trinajstić information content (AvgIpc) is 2.43. The standard InChI is InChI=1S/C15H14ClNOS/c1-2-15(18)17-12-5-9-14(10-6-12)19-13-7-3-11(16)4-8-13/h3-10H,2H2,1H3,(H,17,18). The minimum absolute atomic E-state index is 0.0260. The summed E-state index contributed by atoms with van der Waals surface area (Å²) in [6.45, 7) is 1.83. The lowest BCUT2D eigenvalue weighted by Crippen LogP contribution is -2.08. The Hall–Kier alpha value is -1.45. The quantitative estimate of drug-likeness (QED) is 0.873. The van der Waals surface area contributed by atoms with Crippen LogP contribution in [-0.2, 0) is 4.79 Å². The van der Waals surface area contributed by atoms with Crippen molar-refractivity contribution in [1.82, 2.24) is 0 Å². The van der Waals surface area contributed by atoms with Crippen molar-refractivity contribution in [2.75, 3.05) is 5.32 Å². The van der Waals surface area contributed by atoms with E-state index in [9.17, 15) is 4.79 Å². The Morgan fingerprint density at radius 3 is 2.11 bits per heavy atom. The molecule has 0 unspecified atom stereocenters. The molecule has 98 valence electrons. The van der Waals surface area contributed by atoms with Crippen LogP contribution >= 0.6 is 23.4 Å². The topological polar surface area (TPSA) is 29.1 Å². The summed E-state index contributed by atoms with van der Waals surface area (Å²) < 4.78 is 0. The van der Waals surface area contributed by atoms with E-state index >= 15 is 0 Å². The Morgan fingerprint density at radius 2 is 1.58 bits per heavy atom. The van der Waals surface area contributed by atoms with Gasteiger partial charge < -0.3 is 5.32 Å². The van der Waals surface area contributed by atoms with Crippen LogP contribution in [0.2, 0.25) is 5.02 Å². The Morgan fingerprint density at radius 1 is 1.05 bits per heavy atom. The van der Waals surface area contributed by atoms with Gasteiger partial charge in [-0.2, -0.15) is 0 Å². The van der Waals surface area contributed by atoms with Crippen LogP contribution in [0, 0.1) is 0 Å². The number of nitrogens with one attached hydrogen (secondary N) is 1. The number of amides is 1. The molecule has 0 bridgehead atoms. The van der Waals surface area contributed by atoms with Crippen molar-refractivity contribution in [3.63, 3.8) is 0 Å². The predicted octanol–water partition coefficient (Wildman–Crippen LogP) is 4.84. The molecule has 2 aromatic carbocycles. The Labute approximate surface area is 122 Å². The highest BCUT2D eigenvalue weighted by Gasteiger charge is 2.00. The molecule has 2 rings (SSSR count). The van der Waals surface area contributed by atoms with Gasteiger partial charge in [0.1, 0.15) is 0 Å². The lowest BCUT2D eigenvalue weighted by molar-refractivity contribution is -0.115. The maximum absolute atomic E-state index is 11.3. The number of halogens is 1. The second kappa shape index (κ2) is 6.64. The van der Waals surface area contributed by atoms with Crippen molar-refractivity contribution in [1.29, 1.82) is 0 Å². The molecule has 0 aliphatic carbocycles. The third kappa shape index (κ3) is 4.30. The smallest absolute Gasteiger partial charge is 0.224 e. The molecule has 0 fully saturated rings. The van der Waals surface area contributed by atoms with Gasteiger partial charge in [0.15, 0.2) is 0 Å². The maximum atomic E-state index is 11.3. The van der Waals surface area contributed by atoms with Crippen LogP contribution in [0.15, 0.2) is 58.3 Å². The van der Waals surface area contributed by atoms with Crippen LogP contribution in [0.1, 0.15) is 13.3 Å². The highest BCUT2D eigenvalue weighted by molar-refractivity contribution is 7.99. The van der Waals surface area contributed by atoms with Crippen molar-refractivity contribution >= 4 is 35.0 Å². The van der Waals surface area contributed by atoms with E-state index in [1.807, 2.05) is 55.5 Å². The van der Waals surface area contributed by atoms with Crippen LogP contribution in [-0.4, -0.2) is 5.91 Å². The van der Waals surface area contributed by atoms with E-state index in [1.54, 1.807) is 11.8 Å². The van der Waals surface area contributed by atoms with Gasteiger partial charge in [-0.1, -0.05) is 30.3 Å². The third-order valence-electron chi connectivity index (χ3n) is 2.51. The molecule has 0 heterocycles. The summed E-state index contributed by atoms with van der Waals surface area (Å²) in [6, 6.07) is 15.5. The summed E-state index contributed by atoms with van der Waals surface area (Å²) in [4.78, 5) is 13.5. The van der Waals surface area contributed by atoms with E-state index in [2.05, 4.69) is 5.32 Å². The summed E-state index contributed by atoms with van der Waals surface area (Å²) in [6.07, 6.45) is 0.487. The average molecular weight is 292 g/mol. The van der Waals surface area contributed by atoms with Crippen LogP contribution < -0.4 is 5.32 Å². The normalized spacial score (nSPS) is 10.2. The minimum Gasteiger partial charge on any atom is -0.326 e. The maximum Gasteiger partial charge on any atom is 0.224 e. The first kappa shape index (κ1) is 14.0. The predicted molar refractivity (Wildman–Crippen MR) is 80.9 cm³/mol. The highest BCUT2D eigenvalue weighted by atomic mass is 35.5. The van der Waals surface area contributed by atoms with Gasteiger partial charge >= 0.3 is 0 Å². The van der Waals surface area contributed by atoms with E-state index in [-0.39, 0.29) is 5.91 Å². The number of anilines is 1. The van der Waals surface area contributed by atoms with Crippen LogP contribution in [0.5, 0.6) is 0 Å². The van der Waals surface area contributed by atoms with Crippen molar-refractivity contribution in [3.8, 4) is 0 Å². The van der Waals surface area contributed by atoms with Crippen LogP contribution in [0.4, 0.5) is 5.69 Å². The Kier molecular flexibility index (Phi) is 4.88. The summed E-state index contributed by atoms with van der Waals surface area (Å²) in [7, 11) is 0. The van der Waals surface area contributed by atoms with Crippen molar-refractivity contribution in [2.45, 2.75) is 23.1 Å². The van der Waals surface area contributed by atoms with Crippen LogP contribution in [0.3, 0.4) is 0 Å². The Balaban J connectivity index is 2.02. The van der Waals surface area contributed by atoms with E-state index in [4.69, 9.17) is 11.6 Å². The first-order valence-electron chi connectivity index (χ1n) is 6.00. The molecule has 1 N–H and O–H groups in total. The van der Waals surface area contributed by atoms with Gasteiger partial charge in [0.2, 0.25) is 5.91 Å². The highest BCUT2D eigenvalue weighted by Crippen LogP contribution is 2.29. The zero-order chi connectivity index (χ0) is 13.7. The van der Waals surface area contributed by atoms with Gasteiger partial charge in [0.25, 0.3) is 0 Å². The van der Waals surface area contributed by atoms with E-state index < -0.39 is 0 Å². The molecule has 0 spiro atoms. The van der Waals surface area contributed by atoms with E-state index in [0.29, 0.717) is 6.42 Å². The van der Waals surface area contributed by atoms with E-state index in [1.165, 1.54) is 0 Å². The molecule has 4 heteroatoms. The zero-order valence-electron chi connectivity index (χ0n) is 10.5.